The topological polar surface area (TPSA) is 108 Å². The maximum atomic E-state index is 10.3. The van der Waals surface area contributed by atoms with Crippen molar-refractivity contribution >= 4 is 17.3 Å². The first-order valence-electron chi connectivity index (χ1n) is 13.6. The Morgan fingerprint density at radius 2 is 1.74 bits per heavy atom. The molecule has 2 aromatic heterocycles. The molecule has 2 atom stereocenters. The number of rotatable bonds is 4. The number of para-hydroxylation sites is 1. The van der Waals surface area contributed by atoms with Crippen LogP contribution < -0.4 is 15.5 Å². The number of aromatic nitrogens is 4. The van der Waals surface area contributed by atoms with Crippen LogP contribution in [0.15, 0.2) is 42.6 Å². The van der Waals surface area contributed by atoms with E-state index >= 15 is 0 Å². The number of likely N-dealkylation sites (tertiary alicyclic amines) is 1. The second kappa shape index (κ2) is 10.8. The molecule has 0 saturated carbocycles. The molecule has 0 radical (unpaired) electrons. The highest BCUT2D eigenvalue weighted by Gasteiger charge is 2.41. The van der Waals surface area contributed by atoms with Crippen LogP contribution >= 0.6 is 0 Å². The molecule has 0 aliphatic carbocycles. The molecule has 38 heavy (non-hydrogen) atoms. The van der Waals surface area contributed by atoms with Gasteiger partial charge in [0.15, 0.2) is 5.82 Å². The normalized spacial score (nSPS) is 21.6. The van der Waals surface area contributed by atoms with E-state index in [1.54, 1.807) is 12.1 Å². The Bertz CT molecular complexity index is 1330. The summed E-state index contributed by atoms with van der Waals surface area (Å²) >= 11 is 0. The number of nitrogen functional groups attached to an aromatic ring is 1. The van der Waals surface area contributed by atoms with Crippen molar-refractivity contribution in [3.63, 3.8) is 0 Å². The number of nitrogens with zero attached hydrogens (tertiary/aromatic N) is 7. The summed E-state index contributed by atoms with van der Waals surface area (Å²) in [5.41, 5.74) is 8.41. The third-order valence-electron chi connectivity index (χ3n) is 7.91. The summed E-state index contributed by atoms with van der Waals surface area (Å²) in [6.07, 6.45) is 9.18. The first-order valence-corrected chi connectivity index (χ1v) is 13.6. The molecule has 3 fully saturated rings. The second-order valence-electron chi connectivity index (χ2n) is 10.4. The molecule has 196 valence electrons. The lowest BCUT2D eigenvalue weighted by Gasteiger charge is -2.42. The Labute approximate surface area is 223 Å². The zero-order valence-corrected chi connectivity index (χ0v) is 21.6. The highest BCUT2D eigenvalue weighted by Crippen LogP contribution is 2.38. The molecule has 9 nitrogen and oxygen atoms in total. The van der Waals surface area contributed by atoms with E-state index < -0.39 is 0 Å². The molecule has 5 heterocycles. The van der Waals surface area contributed by atoms with Crippen LogP contribution in [0, 0.1) is 11.8 Å². The van der Waals surface area contributed by atoms with Gasteiger partial charge in [-0.1, -0.05) is 30.9 Å². The Morgan fingerprint density at radius 1 is 0.974 bits per heavy atom. The number of nitrogens with two attached hydrogens (primary N) is 1. The summed E-state index contributed by atoms with van der Waals surface area (Å²) in [5, 5.41) is 18.8. The van der Waals surface area contributed by atoms with E-state index in [0.717, 1.165) is 57.1 Å². The first kappa shape index (κ1) is 24.4. The van der Waals surface area contributed by atoms with Crippen molar-refractivity contribution in [1.29, 1.82) is 0 Å². The lowest BCUT2D eigenvalue weighted by molar-refractivity contribution is 0.320. The third kappa shape index (κ3) is 5.09. The van der Waals surface area contributed by atoms with Gasteiger partial charge in [0, 0.05) is 36.9 Å². The van der Waals surface area contributed by atoms with Crippen LogP contribution in [0.2, 0.25) is 0 Å². The molecule has 2 unspecified atom stereocenters. The van der Waals surface area contributed by atoms with Crippen molar-refractivity contribution in [1.82, 2.24) is 25.1 Å². The van der Waals surface area contributed by atoms with E-state index in [0.29, 0.717) is 35.0 Å². The first-order chi connectivity index (χ1) is 18.7. The van der Waals surface area contributed by atoms with E-state index in [2.05, 4.69) is 41.7 Å². The Kier molecular flexibility index (Phi) is 6.97. The van der Waals surface area contributed by atoms with E-state index in [4.69, 9.17) is 10.7 Å². The van der Waals surface area contributed by atoms with Crippen LogP contribution in [-0.2, 0) is 0 Å². The lowest BCUT2D eigenvalue weighted by atomic mass is 10.1. The summed E-state index contributed by atoms with van der Waals surface area (Å²) in [6.45, 7) is 4.67. The van der Waals surface area contributed by atoms with Crippen LogP contribution in [0.4, 0.5) is 17.3 Å². The zero-order chi connectivity index (χ0) is 25.9. The average molecular weight is 511 g/mol. The van der Waals surface area contributed by atoms with Gasteiger partial charge in [0.1, 0.15) is 11.6 Å². The number of phenols is 1. The molecule has 3 aliphatic rings. The molecule has 3 aliphatic heterocycles. The van der Waals surface area contributed by atoms with Gasteiger partial charge in [0.2, 0.25) is 5.82 Å². The van der Waals surface area contributed by atoms with Gasteiger partial charge < -0.3 is 20.6 Å². The molecular formula is C29H34N8O. The van der Waals surface area contributed by atoms with Crippen LogP contribution in [0.3, 0.4) is 0 Å². The number of benzene rings is 1. The Hall–Kier alpha value is -3.90. The maximum absolute atomic E-state index is 10.3. The molecule has 9 heteroatoms. The van der Waals surface area contributed by atoms with Gasteiger partial charge in [-0.05, 0) is 69.0 Å². The molecule has 0 spiro atoms. The molecule has 0 amide bonds. The Morgan fingerprint density at radius 3 is 2.50 bits per heavy atom. The quantitative estimate of drug-likeness (QED) is 0.511. The number of aromatic hydroxyl groups is 1. The van der Waals surface area contributed by atoms with Gasteiger partial charge >= 0.3 is 0 Å². The largest absolute Gasteiger partial charge is 0.507 e. The SMILES string of the molecule is Nc1nnc(-c2ccccc2O)cc1N1CC2CCC(C1)N2c1ccnc(C#CCN2CCCCCC2)n1. The molecular weight excluding hydrogens is 476 g/mol. The van der Waals surface area contributed by atoms with Crippen LogP contribution in [0.5, 0.6) is 5.75 Å². The minimum Gasteiger partial charge on any atom is -0.507 e. The summed E-state index contributed by atoms with van der Waals surface area (Å²) in [6, 6.07) is 11.7. The fourth-order valence-electron chi connectivity index (χ4n) is 6.02. The van der Waals surface area contributed by atoms with Crippen LogP contribution in [-0.4, -0.2) is 75.0 Å². The fourth-order valence-corrected chi connectivity index (χ4v) is 6.02. The number of hydrogen-bond donors (Lipinski definition) is 2. The van der Waals surface area contributed by atoms with Gasteiger partial charge in [-0.3, -0.25) is 4.90 Å². The molecule has 3 saturated heterocycles. The van der Waals surface area contributed by atoms with Crippen molar-refractivity contribution in [2.24, 2.45) is 0 Å². The zero-order valence-electron chi connectivity index (χ0n) is 21.6. The van der Waals surface area contributed by atoms with E-state index in [-0.39, 0.29) is 5.75 Å². The van der Waals surface area contributed by atoms with Gasteiger partial charge in [0.25, 0.3) is 0 Å². The van der Waals surface area contributed by atoms with Crippen molar-refractivity contribution in [3.8, 4) is 28.8 Å². The highest BCUT2D eigenvalue weighted by atomic mass is 16.3. The predicted molar refractivity (Wildman–Crippen MR) is 149 cm³/mol. The molecule has 1 aromatic carbocycles. The number of hydrogen-bond acceptors (Lipinski definition) is 9. The van der Waals surface area contributed by atoms with Crippen molar-refractivity contribution < 1.29 is 5.11 Å². The van der Waals surface area contributed by atoms with Crippen molar-refractivity contribution in [2.45, 2.75) is 50.6 Å². The summed E-state index contributed by atoms with van der Waals surface area (Å²) in [4.78, 5) is 16.5. The van der Waals surface area contributed by atoms with Gasteiger partial charge in [0.05, 0.1) is 17.9 Å². The standard InChI is InChI=1S/C29H34N8O/c30-29-25(18-24(33-34-29)23-8-3-4-9-26(23)38)36-19-21-11-12-22(20-36)37(21)28-13-14-31-27(32-28)10-7-17-35-15-5-1-2-6-16-35/h3-4,8-9,13-14,18,21-22,38H,1-2,5-6,11-12,15-17,19-20H2,(H2,30,34). The van der Waals surface area contributed by atoms with E-state index in [9.17, 15) is 5.11 Å². The highest BCUT2D eigenvalue weighted by molar-refractivity contribution is 5.74. The lowest BCUT2D eigenvalue weighted by Crippen LogP contribution is -2.54. The van der Waals surface area contributed by atoms with E-state index in [1.165, 1.54) is 25.7 Å². The Balaban J connectivity index is 1.17. The third-order valence-corrected chi connectivity index (χ3v) is 7.91. The summed E-state index contributed by atoms with van der Waals surface area (Å²) < 4.78 is 0. The molecule has 6 rings (SSSR count). The maximum Gasteiger partial charge on any atom is 0.206 e. The van der Waals surface area contributed by atoms with Crippen molar-refractivity contribution in [2.75, 3.05) is 48.3 Å². The van der Waals surface area contributed by atoms with Gasteiger partial charge in [-0.15, -0.1) is 10.2 Å². The predicted octanol–water partition coefficient (Wildman–Crippen LogP) is 3.31. The second-order valence-corrected chi connectivity index (χ2v) is 10.4. The number of piperazine rings is 1. The summed E-state index contributed by atoms with van der Waals surface area (Å²) in [5.74, 6) is 8.63. The van der Waals surface area contributed by atoms with Gasteiger partial charge in [-0.2, -0.15) is 0 Å². The molecule has 3 aromatic rings. The molecule has 2 bridgehead atoms. The number of anilines is 3. The number of phenolic OH excluding ortho intramolecular Hbond substituents is 1. The van der Waals surface area contributed by atoms with Crippen molar-refractivity contribution in [3.05, 3.63) is 48.4 Å². The minimum absolute atomic E-state index is 0.177. The minimum atomic E-state index is 0.177. The van der Waals surface area contributed by atoms with E-state index in [1.807, 2.05) is 30.5 Å². The smallest absolute Gasteiger partial charge is 0.206 e. The fraction of sp³-hybridized carbons (Fsp3) is 0.448. The van der Waals surface area contributed by atoms with Gasteiger partial charge in [-0.25, -0.2) is 9.97 Å². The number of fused-ring (bicyclic) bond motifs is 2. The molecule has 3 N–H and O–H groups in total. The van der Waals surface area contributed by atoms with Crippen LogP contribution in [0.25, 0.3) is 11.3 Å². The summed E-state index contributed by atoms with van der Waals surface area (Å²) in [7, 11) is 0. The average Bonchev–Trinajstić information content (AvgIpc) is 3.09. The van der Waals surface area contributed by atoms with Crippen LogP contribution in [0.1, 0.15) is 44.3 Å². The monoisotopic (exact) mass is 510 g/mol.